The third-order valence-electron chi connectivity index (χ3n) is 3.10. The normalized spacial score (nSPS) is 33.3. The van der Waals surface area contributed by atoms with Crippen LogP contribution < -0.4 is 11.4 Å². The van der Waals surface area contributed by atoms with Crippen molar-refractivity contribution in [2.24, 2.45) is 0 Å². The number of hydrogen-bond donors (Lipinski definition) is 3. The summed E-state index contributed by atoms with van der Waals surface area (Å²) in [5.74, 6) is 1.93. The topological polar surface area (TPSA) is 117 Å². The van der Waals surface area contributed by atoms with Crippen LogP contribution in [0.15, 0.2) is 15.9 Å². The lowest BCUT2D eigenvalue weighted by Gasteiger charge is -2.23. The molecule has 1 aliphatic heterocycles. The van der Waals surface area contributed by atoms with Crippen LogP contribution in [-0.4, -0.2) is 48.7 Å². The molecule has 0 spiro atoms. The summed E-state index contributed by atoms with van der Waals surface area (Å²) in [6.45, 7) is 1.28. The molecule has 3 N–H and O–H groups in total. The van der Waals surface area contributed by atoms with Gasteiger partial charge in [-0.15, -0.1) is 0 Å². The first kappa shape index (κ1) is 15.7. The summed E-state index contributed by atoms with van der Waals surface area (Å²) < 4.78 is 20.7. The Kier molecular flexibility index (Phi) is 4.15. The van der Waals surface area contributed by atoms with Crippen LogP contribution in [-0.2, 0) is 4.74 Å². The Morgan fingerprint density at radius 2 is 2.33 bits per heavy atom. The molecule has 5 atom stereocenters. The van der Waals surface area contributed by atoms with Gasteiger partial charge in [-0.05, 0) is 24.4 Å². The summed E-state index contributed by atoms with van der Waals surface area (Å²) >= 11 is 5.19. The van der Waals surface area contributed by atoms with Crippen LogP contribution in [0.1, 0.15) is 13.2 Å². The molecule has 0 bridgehead atoms. The van der Waals surface area contributed by atoms with Crippen LogP contribution >= 0.6 is 11.6 Å². The number of nitrogens with one attached hydrogen (secondary N) is 1. The Morgan fingerprint density at radius 3 is 2.86 bits per heavy atom. The van der Waals surface area contributed by atoms with Gasteiger partial charge in [0.15, 0.2) is 6.23 Å². The van der Waals surface area contributed by atoms with Crippen LogP contribution in [0.25, 0.3) is 0 Å². The first-order valence-corrected chi connectivity index (χ1v) is 6.20. The zero-order valence-electron chi connectivity index (χ0n) is 10.7. The molecule has 0 amide bonds. The Hall–Kier alpha value is -1.73. The van der Waals surface area contributed by atoms with Crippen molar-refractivity contribution in [3.63, 3.8) is 0 Å². The van der Waals surface area contributed by atoms with Gasteiger partial charge >= 0.3 is 11.4 Å². The Labute approximate surface area is 122 Å². The largest absolute Gasteiger partial charge is 0.391 e. The number of aromatic nitrogens is 3. The molecule has 1 aliphatic rings. The minimum absolute atomic E-state index is 0.619. The van der Waals surface area contributed by atoms with E-state index in [1.807, 2.05) is 10.9 Å². The van der Waals surface area contributed by atoms with Crippen LogP contribution in [0.3, 0.4) is 0 Å². The number of ether oxygens (including phenoxy) is 1. The van der Waals surface area contributed by atoms with Crippen LogP contribution in [0, 0.1) is 11.3 Å². The van der Waals surface area contributed by atoms with Gasteiger partial charge in [-0.1, -0.05) is 0 Å². The highest BCUT2D eigenvalue weighted by atomic mass is 35.5. The molecule has 114 valence electrons. The van der Waals surface area contributed by atoms with E-state index >= 15 is 0 Å². The standard InChI is InChI=1S/C11H11ClFN3O5/c1-5(17)6-7(18)11(13,2-3-12)8(21-6)16-4-14-9(19)15-10(16)20/h4-8,17-18H,1H3,(H,15,19,20)/t5-,6+,7-,8+,11?/m0/s1. The van der Waals surface area contributed by atoms with Gasteiger partial charge in [0.1, 0.15) is 18.5 Å². The predicted octanol–water partition coefficient (Wildman–Crippen LogP) is -1.52. The van der Waals surface area contributed by atoms with Crippen molar-refractivity contribution in [3.8, 4) is 11.3 Å². The zero-order valence-corrected chi connectivity index (χ0v) is 11.4. The molecule has 0 aliphatic carbocycles. The fraction of sp³-hybridized carbons (Fsp3) is 0.545. The van der Waals surface area contributed by atoms with E-state index in [1.165, 1.54) is 6.92 Å². The molecule has 8 nitrogen and oxygen atoms in total. The molecule has 21 heavy (non-hydrogen) atoms. The second kappa shape index (κ2) is 5.57. The van der Waals surface area contributed by atoms with Crippen molar-refractivity contribution in [3.05, 3.63) is 27.3 Å². The summed E-state index contributed by atoms with van der Waals surface area (Å²) in [5, 5.41) is 21.3. The monoisotopic (exact) mass is 319 g/mol. The fourth-order valence-corrected chi connectivity index (χ4v) is 2.23. The fourth-order valence-electron chi connectivity index (χ4n) is 2.08. The Bertz CT molecular complexity index is 708. The van der Waals surface area contributed by atoms with Gasteiger partial charge in [0.05, 0.1) is 6.10 Å². The second-order valence-corrected chi connectivity index (χ2v) is 4.70. The van der Waals surface area contributed by atoms with Crippen LogP contribution in [0.4, 0.5) is 4.39 Å². The minimum atomic E-state index is -2.76. The van der Waals surface area contributed by atoms with E-state index in [0.29, 0.717) is 4.57 Å². The molecule has 2 rings (SSSR count). The predicted molar refractivity (Wildman–Crippen MR) is 68.2 cm³/mol. The van der Waals surface area contributed by atoms with Crippen molar-refractivity contribution in [1.29, 1.82) is 0 Å². The number of alkyl halides is 1. The van der Waals surface area contributed by atoms with Gasteiger partial charge in [0.25, 0.3) is 0 Å². The average molecular weight is 320 g/mol. The lowest BCUT2D eigenvalue weighted by atomic mass is 9.95. The number of aromatic amines is 1. The molecule has 1 saturated heterocycles. The van der Waals surface area contributed by atoms with Gasteiger partial charge in [-0.2, -0.15) is 4.98 Å². The maximum atomic E-state index is 14.9. The third kappa shape index (κ3) is 2.58. The van der Waals surface area contributed by atoms with Crippen molar-refractivity contribution >= 4 is 11.6 Å². The molecular weight excluding hydrogens is 309 g/mol. The third-order valence-corrected chi connectivity index (χ3v) is 3.20. The maximum Gasteiger partial charge on any atom is 0.350 e. The summed E-state index contributed by atoms with van der Waals surface area (Å²) in [6, 6.07) is 0. The number of aliphatic hydroxyl groups is 2. The van der Waals surface area contributed by atoms with E-state index < -0.39 is 41.6 Å². The van der Waals surface area contributed by atoms with Crippen molar-refractivity contribution in [1.82, 2.24) is 14.5 Å². The molecule has 0 aromatic carbocycles. The Morgan fingerprint density at radius 1 is 1.67 bits per heavy atom. The van der Waals surface area contributed by atoms with Gasteiger partial charge in [-0.25, -0.2) is 14.0 Å². The van der Waals surface area contributed by atoms with Gasteiger partial charge in [0.2, 0.25) is 5.67 Å². The number of aliphatic hydroxyl groups excluding tert-OH is 2. The van der Waals surface area contributed by atoms with Crippen molar-refractivity contribution in [2.45, 2.75) is 37.1 Å². The van der Waals surface area contributed by atoms with E-state index in [9.17, 15) is 24.2 Å². The molecule has 1 aromatic rings. The summed E-state index contributed by atoms with van der Waals surface area (Å²) in [7, 11) is 0. The smallest absolute Gasteiger partial charge is 0.350 e. The number of nitrogens with zero attached hydrogens (tertiary/aromatic N) is 2. The lowest BCUT2D eigenvalue weighted by Crippen LogP contribution is -2.46. The van der Waals surface area contributed by atoms with Crippen molar-refractivity contribution < 1.29 is 19.3 Å². The molecule has 2 heterocycles. The van der Waals surface area contributed by atoms with E-state index in [0.717, 1.165) is 6.33 Å². The molecule has 1 unspecified atom stereocenters. The first-order chi connectivity index (χ1) is 9.81. The second-order valence-electron chi connectivity index (χ2n) is 4.51. The minimum Gasteiger partial charge on any atom is -0.391 e. The molecule has 0 saturated carbocycles. The zero-order chi connectivity index (χ0) is 15.8. The number of halogens is 2. The SMILES string of the molecule is C[C@H](O)[C@H]1O[C@@H](n2cnc(=O)[nH]c2=O)C(F)(C#CCl)[C@H]1O. The summed E-state index contributed by atoms with van der Waals surface area (Å²) in [4.78, 5) is 27.7. The van der Waals surface area contributed by atoms with Gasteiger partial charge < -0.3 is 14.9 Å². The molecule has 10 heteroatoms. The average Bonchev–Trinajstić information content (AvgIpc) is 2.64. The molecule has 1 fully saturated rings. The van der Waals surface area contributed by atoms with E-state index in [4.69, 9.17) is 16.3 Å². The highest BCUT2D eigenvalue weighted by Crippen LogP contribution is 2.41. The van der Waals surface area contributed by atoms with Gasteiger partial charge in [-0.3, -0.25) is 9.55 Å². The summed E-state index contributed by atoms with van der Waals surface area (Å²) in [6.07, 6.45) is -5.39. The number of H-pyrrole nitrogens is 1. The number of hydrogen-bond acceptors (Lipinski definition) is 6. The highest BCUT2D eigenvalue weighted by Gasteiger charge is 2.59. The lowest BCUT2D eigenvalue weighted by molar-refractivity contribution is -0.0807. The molecular formula is C11H11ClFN3O5. The van der Waals surface area contributed by atoms with Crippen molar-refractivity contribution in [2.75, 3.05) is 0 Å². The summed E-state index contributed by atoms with van der Waals surface area (Å²) in [5.41, 5.74) is -4.68. The highest BCUT2D eigenvalue weighted by molar-refractivity contribution is 6.30. The van der Waals surface area contributed by atoms with E-state index in [-0.39, 0.29) is 0 Å². The van der Waals surface area contributed by atoms with E-state index in [2.05, 4.69) is 4.98 Å². The van der Waals surface area contributed by atoms with E-state index in [1.54, 1.807) is 5.38 Å². The van der Waals surface area contributed by atoms with Gasteiger partial charge in [0, 0.05) is 5.38 Å². The molecule has 1 aromatic heterocycles. The Balaban J connectivity index is 2.56. The first-order valence-electron chi connectivity index (χ1n) is 5.82. The number of rotatable bonds is 2. The van der Waals surface area contributed by atoms with Crippen LogP contribution in [0.2, 0.25) is 0 Å². The molecule has 0 radical (unpaired) electrons. The maximum absolute atomic E-state index is 14.9. The van der Waals surface area contributed by atoms with Crippen LogP contribution in [0.5, 0.6) is 0 Å². The quantitative estimate of drug-likeness (QED) is 0.570.